The third kappa shape index (κ3) is 2.32. The number of nitrogen functional groups attached to an aromatic ring is 1. The second-order valence-electron chi connectivity index (χ2n) is 3.80. The number of nitrogens with one attached hydrogen (secondary N) is 1. The molecule has 6 nitrogen and oxygen atoms in total. The zero-order valence-corrected chi connectivity index (χ0v) is 10.9. The van der Waals surface area contributed by atoms with E-state index in [1.165, 1.54) is 11.8 Å². The first-order chi connectivity index (χ1) is 9.26. The van der Waals surface area contributed by atoms with Crippen LogP contribution >= 0.6 is 11.8 Å². The fraction of sp³-hybridized carbons (Fsp3) is 0.0833. The lowest BCUT2D eigenvalue weighted by Gasteiger charge is -2.04. The molecule has 0 fully saturated rings. The van der Waals surface area contributed by atoms with Crippen molar-refractivity contribution < 1.29 is 4.74 Å². The molecule has 0 aliphatic rings. The van der Waals surface area contributed by atoms with Crippen molar-refractivity contribution in [3.63, 3.8) is 0 Å². The van der Waals surface area contributed by atoms with Gasteiger partial charge in [-0.05, 0) is 24.3 Å². The number of nitrogens with zero attached hydrogens (tertiary/aromatic N) is 3. The number of hydrogen-bond donors (Lipinski definition) is 2. The standard InChI is InChI=1S/C12H11N5OS/c1-18-7-2-4-8(5-3-7)19-11-9-6-14-17-10(9)15-12(13)16-11/h2-6H,1H3,(H3,13,14,15,16,17). The lowest BCUT2D eigenvalue weighted by Crippen LogP contribution is -1.96. The highest BCUT2D eigenvalue weighted by Crippen LogP contribution is 2.32. The number of H-pyrrole nitrogens is 1. The summed E-state index contributed by atoms with van der Waals surface area (Å²) in [4.78, 5) is 9.37. The minimum atomic E-state index is 0.229. The first-order valence-corrected chi connectivity index (χ1v) is 6.36. The number of aromatic nitrogens is 4. The number of fused-ring (bicyclic) bond motifs is 1. The SMILES string of the molecule is COc1ccc(Sc2nc(N)nc3[nH]ncc23)cc1. The van der Waals surface area contributed by atoms with E-state index in [2.05, 4.69) is 20.2 Å². The van der Waals surface area contributed by atoms with Crippen molar-refractivity contribution in [1.82, 2.24) is 20.2 Å². The minimum absolute atomic E-state index is 0.229. The summed E-state index contributed by atoms with van der Waals surface area (Å²) in [5, 5.41) is 8.38. The summed E-state index contributed by atoms with van der Waals surface area (Å²) in [6, 6.07) is 7.74. The molecule has 0 aliphatic carbocycles. The average Bonchev–Trinajstić information content (AvgIpc) is 2.88. The van der Waals surface area contributed by atoms with Gasteiger partial charge in [-0.2, -0.15) is 10.1 Å². The van der Waals surface area contributed by atoms with E-state index in [0.29, 0.717) is 5.65 Å². The van der Waals surface area contributed by atoms with Gasteiger partial charge in [-0.1, -0.05) is 11.8 Å². The average molecular weight is 273 g/mol. The van der Waals surface area contributed by atoms with Gasteiger partial charge in [0.05, 0.1) is 18.7 Å². The molecule has 3 rings (SSSR count). The van der Waals surface area contributed by atoms with Gasteiger partial charge in [0.1, 0.15) is 10.8 Å². The maximum atomic E-state index is 5.68. The second-order valence-corrected chi connectivity index (χ2v) is 4.86. The molecular weight excluding hydrogens is 262 g/mol. The maximum absolute atomic E-state index is 5.68. The van der Waals surface area contributed by atoms with Crippen LogP contribution in [0.15, 0.2) is 40.4 Å². The van der Waals surface area contributed by atoms with E-state index in [0.717, 1.165) is 21.1 Å². The third-order valence-corrected chi connectivity index (χ3v) is 3.58. The van der Waals surface area contributed by atoms with Gasteiger partial charge in [-0.25, -0.2) is 4.98 Å². The summed E-state index contributed by atoms with van der Waals surface area (Å²) in [6.07, 6.45) is 1.70. The van der Waals surface area contributed by atoms with Crippen LogP contribution in [0.25, 0.3) is 11.0 Å². The Labute approximate surface area is 113 Å². The Morgan fingerprint density at radius 1 is 1.21 bits per heavy atom. The summed E-state index contributed by atoms with van der Waals surface area (Å²) in [7, 11) is 1.64. The molecule has 0 bridgehead atoms. The maximum Gasteiger partial charge on any atom is 0.223 e. The van der Waals surface area contributed by atoms with Crippen molar-refractivity contribution in [1.29, 1.82) is 0 Å². The van der Waals surface area contributed by atoms with Gasteiger partial charge in [0.2, 0.25) is 5.95 Å². The van der Waals surface area contributed by atoms with E-state index in [4.69, 9.17) is 10.5 Å². The molecule has 3 N–H and O–H groups in total. The quantitative estimate of drug-likeness (QED) is 0.710. The highest BCUT2D eigenvalue weighted by atomic mass is 32.2. The lowest BCUT2D eigenvalue weighted by atomic mass is 10.3. The molecular formula is C12H11N5OS. The van der Waals surface area contributed by atoms with E-state index in [1.54, 1.807) is 13.3 Å². The second kappa shape index (κ2) is 4.77. The molecule has 0 saturated heterocycles. The molecule has 7 heteroatoms. The number of benzene rings is 1. The number of nitrogens with two attached hydrogens (primary N) is 1. The predicted molar refractivity (Wildman–Crippen MR) is 73.2 cm³/mol. The third-order valence-electron chi connectivity index (χ3n) is 2.57. The van der Waals surface area contributed by atoms with Crippen molar-refractivity contribution in [2.75, 3.05) is 12.8 Å². The Morgan fingerprint density at radius 2 is 2.00 bits per heavy atom. The van der Waals surface area contributed by atoms with Gasteiger partial charge in [-0.3, -0.25) is 5.10 Å². The predicted octanol–water partition coefficient (Wildman–Crippen LogP) is 2.09. The molecule has 0 amide bonds. The molecule has 2 heterocycles. The van der Waals surface area contributed by atoms with Crippen LogP contribution in [0, 0.1) is 0 Å². The van der Waals surface area contributed by atoms with E-state index in [-0.39, 0.29) is 5.95 Å². The van der Waals surface area contributed by atoms with Crippen LogP contribution in [0.3, 0.4) is 0 Å². The molecule has 19 heavy (non-hydrogen) atoms. The number of anilines is 1. The summed E-state index contributed by atoms with van der Waals surface area (Å²) in [6.45, 7) is 0. The summed E-state index contributed by atoms with van der Waals surface area (Å²) < 4.78 is 5.13. The summed E-state index contributed by atoms with van der Waals surface area (Å²) in [5.74, 6) is 1.05. The van der Waals surface area contributed by atoms with Crippen molar-refractivity contribution in [2.45, 2.75) is 9.92 Å². The molecule has 0 radical (unpaired) electrons. The first-order valence-electron chi connectivity index (χ1n) is 5.55. The Kier molecular flexibility index (Phi) is 2.96. The largest absolute Gasteiger partial charge is 0.497 e. The normalized spacial score (nSPS) is 10.8. The van der Waals surface area contributed by atoms with E-state index in [9.17, 15) is 0 Å². The zero-order valence-electron chi connectivity index (χ0n) is 10.1. The summed E-state index contributed by atoms with van der Waals surface area (Å²) in [5.41, 5.74) is 6.32. The lowest BCUT2D eigenvalue weighted by molar-refractivity contribution is 0.414. The van der Waals surface area contributed by atoms with Crippen LogP contribution in [0.4, 0.5) is 5.95 Å². The van der Waals surface area contributed by atoms with Crippen molar-refractivity contribution in [3.05, 3.63) is 30.5 Å². The molecule has 0 atom stereocenters. The Morgan fingerprint density at radius 3 is 2.74 bits per heavy atom. The smallest absolute Gasteiger partial charge is 0.223 e. The minimum Gasteiger partial charge on any atom is -0.497 e. The number of methoxy groups -OCH3 is 1. The molecule has 0 unspecified atom stereocenters. The topological polar surface area (TPSA) is 89.7 Å². The number of hydrogen-bond acceptors (Lipinski definition) is 6. The van der Waals surface area contributed by atoms with Crippen LogP contribution in [0.2, 0.25) is 0 Å². The molecule has 0 saturated carbocycles. The fourth-order valence-electron chi connectivity index (χ4n) is 1.66. The van der Waals surface area contributed by atoms with Crippen LogP contribution in [0.5, 0.6) is 5.75 Å². The molecule has 96 valence electrons. The Bertz CT molecular complexity index is 710. The number of aromatic amines is 1. The highest BCUT2D eigenvalue weighted by Gasteiger charge is 2.09. The van der Waals surface area contributed by atoms with E-state index in [1.807, 2.05) is 24.3 Å². The van der Waals surface area contributed by atoms with Crippen LogP contribution in [-0.2, 0) is 0 Å². The van der Waals surface area contributed by atoms with Gasteiger partial charge in [0.25, 0.3) is 0 Å². The molecule has 0 aliphatic heterocycles. The van der Waals surface area contributed by atoms with Crippen LogP contribution in [0.1, 0.15) is 0 Å². The number of rotatable bonds is 3. The van der Waals surface area contributed by atoms with Crippen molar-refractivity contribution in [2.24, 2.45) is 0 Å². The number of ether oxygens (including phenoxy) is 1. The molecule has 0 spiro atoms. The van der Waals surface area contributed by atoms with Crippen molar-refractivity contribution in [3.8, 4) is 5.75 Å². The first kappa shape index (κ1) is 11.8. The van der Waals surface area contributed by atoms with E-state index >= 15 is 0 Å². The molecule has 2 aromatic heterocycles. The highest BCUT2D eigenvalue weighted by molar-refractivity contribution is 7.99. The fourth-order valence-corrected chi connectivity index (χ4v) is 2.55. The van der Waals surface area contributed by atoms with Crippen LogP contribution in [-0.4, -0.2) is 27.3 Å². The summed E-state index contributed by atoms with van der Waals surface area (Å²) >= 11 is 1.51. The zero-order chi connectivity index (χ0) is 13.2. The Balaban J connectivity index is 1.97. The van der Waals surface area contributed by atoms with Crippen LogP contribution < -0.4 is 10.5 Å². The molecule has 1 aromatic carbocycles. The van der Waals surface area contributed by atoms with Gasteiger partial charge < -0.3 is 10.5 Å². The van der Waals surface area contributed by atoms with Crippen molar-refractivity contribution >= 4 is 28.7 Å². The van der Waals surface area contributed by atoms with Gasteiger partial charge in [0.15, 0.2) is 5.65 Å². The molecule has 3 aromatic rings. The van der Waals surface area contributed by atoms with Gasteiger partial charge >= 0.3 is 0 Å². The van der Waals surface area contributed by atoms with Gasteiger partial charge in [0, 0.05) is 4.90 Å². The van der Waals surface area contributed by atoms with Gasteiger partial charge in [-0.15, -0.1) is 0 Å². The Hall–Kier alpha value is -2.28. The van der Waals surface area contributed by atoms with E-state index < -0.39 is 0 Å². The monoisotopic (exact) mass is 273 g/mol.